The molecule has 0 saturated carbocycles. The van der Waals surface area contributed by atoms with Crippen molar-refractivity contribution in [1.82, 2.24) is 24.2 Å². The van der Waals surface area contributed by atoms with Crippen molar-refractivity contribution in [3.63, 3.8) is 0 Å². The van der Waals surface area contributed by atoms with Crippen molar-refractivity contribution < 1.29 is 10.0 Å². The minimum absolute atomic E-state index is 0.00937. The molecular formula is C27H29N7O2. The minimum Gasteiger partial charge on any atom is -0.411 e. The molecule has 2 aromatic carbocycles. The average molecular weight is 484 g/mol. The summed E-state index contributed by atoms with van der Waals surface area (Å²) in [6.07, 6.45) is 6.89. The quantitative estimate of drug-likeness (QED) is 0.306. The standard InChI is InChI=1S/C27H29N7O2/c1-32(2)14-15-33(3)27(35)19-6-4-18(5-7-19)25-26(34-13-12-28-17-24(34)30-25)29-21-9-10-22-20(16-21)8-11-23(22)31-36/h4-7,9-10,12-13,16-17,29,36H,8,11,14-15H2,1-3H3/b31-23+. The van der Waals surface area contributed by atoms with Crippen LogP contribution in [0.4, 0.5) is 11.5 Å². The van der Waals surface area contributed by atoms with Gasteiger partial charge in [-0.25, -0.2) is 4.98 Å². The van der Waals surface area contributed by atoms with E-state index in [1.165, 1.54) is 0 Å². The van der Waals surface area contributed by atoms with Crippen LogP contribution in [0.25, 0.3) is 16.9 Å². The van der Waals surface area contributed by atoms with Crippen molar-refractivity contribution in [1.29, 1.82) is 0 Å². The van der Waals surface area contributed by atoms with Crippen LogP contribution in [-0.2, 0) is 6.42 Å². The first-order chi connectivity index (χ1) is 17.4. The van der Waals surface area contributed by atoms with Crippen LogP contribution in [0.3, 0.4) is 0 Å². The second-order valence-corrected chi connectivity index (χ2v) is 9.26. The molecule has 0 atom stereocenters. The number of nitrogens with zero attached hydrogens (tertiary/aromatic N) is 6. The lowest BCUT2D eigenvalue weighted by molar-refractivity contribution is 0.0786. The van der Waals surface area contributed by atoms with Gasteiger partial charge in [0.15, 0.2) is 5.65 Å². The first-order valence-electron chi connectivity index (χ1n) is 11.9. The monoisotopic (exact) mass is 483 g/mol. The second kappa shape index (κ2) is 9.79. The highest BCUT2D eigenvalue weighted by atomic mass is 16.4. The van der Waals surface area contributed by atoms with Gasteiger partial charge >= 0.3 is 0 Å². The highest BCUT2D eigenvalue weighted by Gasteiger charge is 2.20. The van der Waals surface area contributed by atoms with Gasteiger partial charge in [0.25, 0.3) is 5.91 Å². The third-order valence-electron chi connectivity index (χ3n) is 6.50. The molecule has 0 fully saturated rings. The summed E-state index contributed by atoms with van der Waals surface area (Å²) in [5.41, 5.74) is 6.79. The van der Waals surface area contributed by atoms with Crippen molar-refractivity contribution in [2.75, 3.05) is 39.5 Å². The fourth-order valence-electron chi connectivity index (χ4n) is 4.46. The number of oxime groups is 1. The molecule has 1 aliphatic carbocycles. The zero-order valence-electron chi connectivity index (χ0n) is 20.6. The third kappa shape index (κ3) is 4.52. The number of likely N-dealkylation sites (N-methyl/N-ethyl adjacent to an activating group) is 2. The number of carbonyl (C=O) groups is 1. The lowest BCUT2D eigenvalue weighted by Crippen LogP contribution is -2.33. The summed E-state index contributed by atoms with van der Waals surface area (Å²) in [6.45, 7) is 1.47. The topological polar surface area (TPSA) is 98.4 Å². The van der Waals surface area contributed by atoms with Crippen molar-refractivity contribution >= 4 is 28.8 Å². The first kappa shape index (κ1) is 23.5. The van der Waals surface area contributed by atoms with Gasteiger partial charge in [-0.3, -0.25) is 14.2 Å². The zero-order chi connectivity index (χ0) is 25.2. The van der Waals surface area contributed by atoms with Crippen molar-refractivity contribution in [2.45, 2.75) is 12.8 Å². The van der Waals surface area contributed by atoms with E-state index >= 15 is 0 Å². The molecule has 184 valence electrons. The molecule has 5 rings (SSSR count). The number of carbonyl (C=O) groups excluding carboxylic acids is 1. The van der Waals surface area contributed by atoms with Crippen LogP contribution in [0, 0.1) is 0 Å². The zero-order valence-corrected chi connectivity index (χ0v) is 20.6. The Kier molecular flexibility index (Phi) is 6.39. The predicted octanol–water partition coefficient (Wildman–Crippen LogP) is 3.90. The van der Waals surface area contributed by atoms with Crippen LogP contribution in [0.5, 0.6) is 0 Å². The van der Waals surface area contributed by atoms with Gasteiger partial charge < -0.3 is 20.3 Å². The highest BCUT2D eigenvalue weighted by molar-refractivity contribution is 6.04. The first-order valence-corrected chi connectivity index (χ1v) is 11.9. The van der Waals surface area contributed by atoms with Crippen LogP contribution >= 0.6 is 0 Å². The number of hydrogen-bond acceptors (Lipinski definition) is 7. The normalized spacial score (nSPS) is 13.9. The number of fused-ring (bicyclic) bond motifs is 2. The summed E-state index contributed by atoms with van der Waals surface area (Å²) in [4.78, 5) is 25.7. The lowest BCUT2D eigenvalue weighted by atomic mass is 10.1. The molecule has 1 amide bonds. The van der Waals surface area contributed by atoms with E-state index in [4.69, 9.17) is 4.98 Å². The molecule has 9 nitrogen and oxygen atoms in total. The molecule has 36 heavy (non-hydrogen) atoms. The molecule has 0 saturated heterocycles. The Morgan fingerprint density at radius 1 is 1.11 bits per heavy atom. The van der Waals surface area contributed by atoms with E-state index in [2.05, 4.69) is 26.4 Å². The van der Waals surface area contributed by atoms with Gasteiger partial charge in [-0.05, 0) is 56.8 Å². The summed E-state index contributed by atoms with van der Waals surface area (Å²) in [5, 5.41) is 16.2. The Bertz CT molecular complexity index is 1440. The van der Waals surface area contributed by atoms with Gasteiger partial charge in [0.05, 0.1) is 11.9 Å². The van der Waals surface area contributed by atoms with E-state index in [1.54, 1.807) is 17.3 Å². The Hall–Kier alpha value is -4.24. The second-order valence-electron chi connectivity index (χ2n) is 9.26. The van der Waals surface area contributed by atoms with Gasteiger partial charge in [0, 0.05) is 54.9 Å². The Morgan fingerprint density at radius 3 is 2.67 bits per heavy atom. The van der Waals surface area contributed by atoms with E-state index in [-0.39, 0.29) is 5.91 Å². The van der Waals surface area contributed by atoms with Crippen LogP contribution < -0.4 is 5.32 Å². The molecule has 9 heteroatoms. The summed E-state index contributed by atoms with van der Waals surface area (Å²) < 4.78 is 1.96. The van der Waals surface area contributed by atoms with Crippen LogP contribution in [0.1, 0.15) is 27.9 Å². The van der Waals surface area contributed by atoms with Crippen LogP contribution in [0.15, 0.2) is 66.2 Å². The molecule has 4 aromatic rings. The van der Waals surface area contributed by atoms with Gasteiger partial charge in [0.2, 0.25) is 0 Å². The van der Waals surface area contributed by atoms with Gasteiger partial charge in [-0.15, -0.1) is 0 Å². The molecule has 2 aromatic heterocycles. The molecule has 2 N–H and O–H groups in total. The number of anilines is 2. The van der Waals surface area contributed by atoms with Gasteiger partial charge in [-0.1, -0.05) is 23.4 Å². The van der Waals surface area contributed by atoms with Crippen LogP contribution in [-0.4, -0.2) is 75.2 Å². The summed E-state index contributed by atoms with van der Waals surface area (Å²) >= 11 is 0. The number of amides is 1. The Morgan fingerprint density at radius 2 is 1.92 bits per heavy atom. The molecule has 0 bridgehead atoms. The van der Waals surface area contributed by atoms with E-state index in [9.17, 15) is 10.0 Å². The fraction of sp³-hybridized carbons (Fsp3) is 0.259. The molecule has 2 heterocycles. The molecule has 0 aliphatic heterocycles. The Balaban J connectivity index is 1.45. The molecule has 1 aliphatic rings. The number of aryl methyl sites for hydroxylation is 1. The largest absolute Gasteiger partial charge is 0.411 e. The average Bonchev–Trinajstić information content (AvgIpc) is 3.48. The smallest absolute Gasteiger partial charge is 0.253 e. The number of aromatic nitrogens is 3. The maximum atomic E-state index is 12.8. The third-order valence-corrected chi connectivity index (χ3v) is 6.50. The fourth-order valence-corrected chi connectivity index (χ4v) is 4.46. The van der Waals surface area contributed by atoms with E-state index < -0.39 is 0 Å². The number of hydrogen-bond donors (Lipinski definition) is 2. The number of rotatable bonds is 7. The predicted molar refractivity (Wildman–Crippen MR) is 140 cm³/mol. The maximum Gasteiger partial charge on any atom is 0.253 e. The number of benzene rings is 2. The van der Waals surface area contributed by atoms with Crippen LogP contribution in [0.2, 0.25) is 0 Å². The van der Waals surface area contributed by atoms with Gasteiger partial charge in [0.1, 0.15) is 11.5 Å². The molecule has 0 radical (unpaired) electrons. The SMILES string of the molecule is CN(C)CCN(C)C(=O)c1ccc(-c2nc3cnccn3c2Nc2ccc3c(c2)CC/C3=N\O)cc1. The van der Waals surface area contributed by atoms with Crippen molar-refractivity contribution in [3.05, 3.63) is 77.7 Å². The van der Waals surface area contributed by atoms with E-state index in [1.807, 2.05) is 68.1 Å². The van der Waals surface area contributed by atoms with E-state index in [0.717, 1.165) is 64.6 Å². The van der Waals surface area contributed by atoms with Gasteiger partial charge in [-0.2, -0.15) is 0 Å². The molecule has 0 spiro atoms. The number of imidazole rings is 1. The summed E-state index contributed by atoms with van der Waals surface area (Å²) in [6, 6.07) is 13.6. The Labute approximate surface area is 209 Å². The van der Waals surface area contributed by atoms with Crippen molar-refractivity contribution in [3.8, 4) is 11.3 Å². The van der Waals surface area contributed by atoms with E-state index in [0.29, 0.717) is 12.1 Å². The molecule has 0 unspecified atom stereocenters. The summed E-state index contributed by atoms with van der Waals surface area (Å²) in [7, 11) is 5.81. The summed E-state index contributed by atoms with van der Waals surface area (Å²) in [5.74, 6) is 0.799. The number of nitrogens with one attached hydrogen (secondary N) is 1. The molecular weight excluding hydrogens is 454 g/mol. The maximum absolute atomic E-state index is 12.8. The minimum atomic E-state index is -0.00937. The van der Waals surface area contributed by atoms with Crippen molar-refractivity contribution in [2.24, 2.45) is 5.16 Å². The highest BCUT2D eigenvalue weighted by Crippen LogP contribution is 2.33. The lowest BCUT2D eigenvalue weighted by Gasteiger charge is -2.19.